The molecule has 11 rings (SSSR count). The lowest BCUT2D eigenvalue weighted by molar-refractivity contribution is 1.33. The summed E-state index contributed by atoms with van der Waals surface area (Å²) in [5, 5.41) is 9.90. The fraction of sp³-hybridized carbons (Fsp3) is 0. The predicted octanol–water partition coefficient (Wildman–Crippen LogP) is 15.7. The van der Waals surface area contributed by atoms with E-state index >= 15 is 0 Å². The zero-order valence-electron chi connectivity index (χ0n) is 31.8. The van der Waals surface area contributed by atoms with Gasteiger partial charge in [-0.2, -0.15) is 0 Å². The van der Waals surface area contributed by atoms with E-state index < -0.39 is 0 Å². The van der Waals surface area contributed by atoms with Gasteiger partial charge in [0.25, 0.3) is 0 Å². The van der Waals surface area contributed by atoms with Crippen molar-refractivity contribution in [3.05, 3.63) is 225 Å². The van der Waals surface area contributed by atoms with E-state index in [1.54, 1.807) is 0 Å². The Morgan fingerprint density at radius 3 is 1.28 bits per heavy atom. The Morgan fingerprint density at radius 2 is 0.672 bits per heavy atom. The highest BCUT2D eigenvalue weighted by Gasteiger charge is 2.20. The molecule has 1 nitrogen and oxygen atoms in total. The molecule has 11 aromatic rings. The first-order valence-electron chi connectivity index (χ1n) is 19.9. The van der Waals surface area contributed by atoms with Gasteiger partial charge >= 0.3 is 0 Å². The molecule has 1 aromatic heterocycles. The van der Waals surface area contributed by atoms with Crippen LogP contribution < -0.4 is 0 Å². The van der Waals surface area contributed by atoms with Crippen LogP contribution in [-0.4, -0.2) is 4.98 Å². The minimum atomic E-state index is 0.964. The topological polar surface area (TPSA) is 12.9 Å². The quantitative estimate of drug-likeness (QED) is 0.155. The Morgan fingerprint density at radius 1 is 0.241 bits per heavy atom. The van der Waals surface area contributed by atoms with E-state index in [1.165, 1.54) is 87.6 Å². The van der Waals surface area contributed by atoms with Gasteiger partial charge in [0.05, 0.1) is 5.69 Å². The fourth-order valence-corrected chi connectivity index (χ4v) is 9.09. The third-order valence-corrected chi connectivity index (χ3v) is 11.7. The zero-order chi connectivity index (χ0) is 38.4. The summed E-state index contributed by atoms with van der Waals surface area (Å²) < 4.78 is 0. The number of aromatic nitrogens is 1. The number of fused-ring (bicyclic) bond motifs is 4. The second-order valence-corrected chi connectivity index (χ2v) is 15.0. The van der Waals surface area contributed by atoms with Crippen molar-refractivity contribution in [1.29, 1.82) is 0 Å². The second-order valence-electron chi connectivity index (χ2n) is 15.0. The van der Waals surface area contributed by atoms with Crippen LogP contribution in [0.5, 0.6) is 0 Å². The maximum atomic E-state index is 4.77. The van der Waals surface area contributed by atoms with E-state index in [2.05, 4.69) is 212 Å². The van der Waals surface area contributed by atoms with Gasteiger partial charge in [-0.15, -0.1) is 0 Å². The molecule has 0 aliphatic heterocycles. The Balaban J connectivity index is 1.20. The minimum Gasteiger partial charge on any atom is -0.256 e. The van der Waals surface area contributed by atoms with E-state index in [1.807, 2.05) is 12.3 Å². The van der Waals surface area contributed by atoms with Crippen LogP contribution in [0.3, 0.4) is 0 Å². The molecule has 1 heterocycles. The average Bonchev–Trinajstić information content (AvgIpc) is 3.30. The van der Waals surface area contributed by atoms with Crippen molar-refractivity contribution in [2.24, 2.45) is 0 Å². The van der Waals surface area contributed by atoms with Crippen molar-refractivity contribution in [2.45, 2.75) is 0 Å². The lowest BCUT2D eigenvalue weighted by atomic mass is 9.83. The van der Waals surface area contributed by atoms with Crippen molar-refractivity contribution in [3.63, 3.8) is 0 Å². The molecule has 0 fully saturated rings. The standard InChI is InChI=1S/C57H37N/c1-3-23-45-38(15-1)17-13-29-47(45)40-19-11-21-43(35-40)56-51-27-7-8-28-52(51)57(44-22-12-20-41(36-44)48-30-14-18-39-16-2-4-24-46(39)48)54-37-42(32-33-53(54)56)49-25-5-6-26-50(49)55-31-9-10-34-58-55/h1-37H. The summed E-state index contributed by atoms with van der Waals surface area (Å²) in [5.41, 5.74) is 14.2. The Labute approximate surface area is 338 Å². The van der Waals surface area contributed by atoms with E-state index in [-0.39, 0.29) is 0 Å². The van der Waals surface area contributed by atoms with Crippen LogP contribution in [0.4, 0.5) is 0 Å². The smallest absolute Gasteiger partial charge is 0.0708 e. The first kappa shape index (κ1) is 33.7. The van der Waals surface area contributed by atoms with Crippen LogP contribution in [0.25, 0.3) is 110 Å². The van der Waals surface area contributed by atoms with Crippen LogP contribution in [0, 0.1) is 0 Å². The highest BCUT2D eigenvalue weighted by atomic mass is 14.7. The monoisotopic (exact) mass is 735 g/mol. The van der Waals surface area contributed by atoms with E-state index in [9.17, 15) is 0 Å². The summed E-state index contributed by atoms with van der Waals surface area (Å²) in [5.74, 6) is 0. The van der Waals surface area contributed by atoms with Gasteiger partial charge in [-0.1, -0.05) is 188 Å². The highest BCUT2D eigenvalue weighted by Crippen LogP contribution is 2.47. The SMILES string of the molecule is c1ccc(-c2ccccc2-c2ccc3c(-c4cccc(-c5cccc6ccccc56)c4)c4ccccc4c(-c4cccc(-c5cccc6ccccc56)c4)c3c2)nc1. The van der Waals surface area contributed by atoms with Crippen LogP contribution in [0.2, 0.25) is 0 Å². The van der Waals surface area contributed by atoms with Gasteiger partial charge in [0, 0.05) is 11.8 Å². The third-order valence-electron chi connectivity index (χ3n) is 11.7. The molecule has 270 valence electrons. The Kier molecular flexibility index (Phi) is 8.23. The number of rotatable bonds is 6. The number of nitrogens with zero attached hydrogens (tertiary/aromatic N) is 1. The van der Waals surface area contributed by atoms with E-state index in [4.69, 9.17) is 4.98 Å². The number of pyridine rings is 1. The largest absolute Gasteiger partial charge is 0.256 e. The van der Waals surface area contributed by atoms with Gasteiger partial charge in [-0.3, -0.25) is 4.98 Å². The average molecular weight is 736 g/mol. The molecule has 0 atom stereocenters. The zero-order valence-corrected chi connectivity index (χ0v) is 31.8. The molecule has 1 heteroatoms. The van der Waals surface area contributed by atoms with Crippen LogP contribution >= 0.6 is 0 Å². The normalized spacial score (nSPS) is 11.4. The second kappa shape index (κ2) is 14.2. The molecule has 0 N–H and O–H groups in total. The highest BCUT2D eigenvalue weighted by molar-refractivity contribution is 6.22. The van der Waals surface area contributed by atoms with Crippen molar-refractivity contribution < 1.29 is 0 Å². The van der Waals surface area contributed by atoms with Crippen LogP contribution in [0.1, 0.15) is 0 Å². The molecule has 10 aromatic carbocycles. The van der Waals surface area contributed by atoms with Crippen molar-refractivity contribution >= 4 is 43.1 Å². The van der Waals surface area contributed by atoms with E-state index in [0.29, 0.717) is 0 Å². The molecule has 0 aliphatic rings. The molecule has 0 saturated carbocycles. The Hall–Kier alpha value is -7.61. The first-order valence-corrected chi connectivity index (χ1v) is 19.9. The summed E-state index contributed by atoms with van der Waals surface area (Å²) in [6.07, 6.45) is 1.87. The molecule has 58 heavy (non-hydrogen) atoms. The molecule has 0 aliphatic carbocycles. The predicted molar refractivity (Wildman–Crippen MR) is 247 cm³/mol. The number of hydrogen-bond donors (Lipinski definition) is 0. The first-order chi connectivity index (χ1) is 28.8. The maximum Gasteiger partial charge on any atom is 0.0708 e. The lowest BCUT2D eigenvalue weighted by Gasteiger charge is -2.20. The molecule has 0 amide bonds. The fourth-order valence-electron chi connectivity index (χ4n) is 9.09. The summed E-state index contributed by atoms with van der Waals surface area (Å²) in [6.45, 7) is 0. The van der Waals surface area contributed by atoms with Gasteiger partial charge in [-0.25, -0.2) is 0 Å². The molecule has 0 spiro atoms. The van der Waals surface area contributed by atoms with Gasteiger partial charge in [0.2, 0.25) is 0 Å². The molecular formula is C57H37N. The lowest BCUT2D eigenvalue weighted by Crippen LogP contribution is -1.93. The minimum absolute atomic E-state index is 0.964. The maximum absolute atomic E-state index is 4.77. The van der Waals surface area contributed by atoms with Gasteiger partial charge < -0.3 is 0 Å². The molecule has 0 radical (unpaired) electrons. The third kappa shape index (κ3) is 5.76. The van der Waals surface area contributed by atoms with Crippen molar-refractivity contribution in [1.82, 2.24) is 4.98 Å². The van der Waals surface area contributed by atoms with Gasteiger partial charge in [0.15, 0.2) is 0 Å². The number of hydrogen-bond acceptors (Lipinski definition) is 1. The summed E-state index contributed by atoms with van der Waals surface area (Å²) in [7, 11) is 0. The van der Waals surface area contributed by atoms with E-state index in [0.717, 1.165) is 22.4 Å². The molecule has 0 saturated heterocycles. The summed E-state index contributed by atoms with van der Waals surface area (Å²) in [4.78, 5) is 4.77. The van der Waals surface area contributed by atoms with Crippen LogP contribution in [0.15, 0.2) is 225 Å². The van der Waals surface area contributed by atoms with Crippen LogP contribution in [-0.2, 0) is 0 Å². The Bertz CT molecular complexity index is 3330. The number of benzene rings is 10. The van der Waals surface area contributed by atoms with Gasteiger partial charge in [0.1, 0.15) is 0 Å². The van der Waals surface area contributed by atoms with Crippen molar-refractivity contribution in [2.75, 3.05) is 0 Å². The molecule has 0 bridgehead atoms. The molecular weight excluding hydrogens is 699 g/mol. The molecule has 0 unspecified atom stereocenters. The summed E-state index contributed by atoms with van der Waals surface area (Å²) in [6, 6.07) is 79.6. The van der Waals surface area contributed by atoms with Gasteiger partial charge in [-0.05, 0) is 129 Å². The van der Waals surface area contributed by atoms with Crippen molar-refractivity contribution in [3.8, 4) is 66.9 Å². The summed E-state index contributed by atoms with van der Waals surface area (Å²) >= 11 is 0.